The average Bonchev–Trinajstić information content (AvgIpc) is 2.85. The summed E-state index contributed by atoms with van der Waals surface area (Å²) < 4.78 is 28.5. The first-order valence-electron chi connectivity index (χ1n) is 6.62. The highest BCUT2D eigenvalue weighted by Gasteiger charge is 2.24. The molecule has 0 amide bonds. The number of alkyl halides is 2. The molecule has 1 aromatic heterocycles. The van der Waals surface area contributed by atoms with Crippen LogP contribution < -0.4 is 10.5 Å². The number of ether oxygens (including phenoxy) is 1. The fraction of sp³-hybridized carbons (Fsp3) is 0.400. The summed E-state index contributed by atoms with van der Waals surface area (Å²) in [5.74, 6) is 0.166. The van der Waals surface area contributed by atoms with Crippen LogP contribution in [0.15, 0.2) is 29.6 Å². The van der Waals surface area contributed by atoms with Crippen LogP contribution in [0, 0.1) is 6.92 Å². The van der Waals surface area contributed by atoms with E-state index in [1.54, 1.807) is 35.6 Å². The molecule has 0 aliphatic heterocycles. The van der Waals surface area contributed by atoms with Gasteiger partial charge in [0.25, 0.3) is 0 Å². The van der Waals surface area contributed by atoms with Gasteiger partial charge < -0.3 is 10.5 Å². The van der Waals surface area contributed by atoms with Crippen molar-refractivity contribution in [3.8, 4) is 5.75 Å². The summed E-state index contributed by atoms with van der Waals surface area (Å²) in [5, 5.41) is 2.90. The Morgan fingerprint density at radius 3 is 2.52 bits per heavy atom. The van der Waals surface area contributed by atoms with E-state index >= 15 is 0 Å². The molecule has 2 aromatic rings. The second-order valence-corrected chi connectivity index (χ2v) is 6.09. The summed E-state index contributed by atoms with van der Waals surface area (Å²) in [6.45, 7) is 1.11. The predicted molar refractivity (Wildman–Crippen MR) is 79.8 cm³/mol. The maximum atomic E-state index is 12.1. The van der Waals surface area contributed by atoms with Gasteiger partial charge in [0, 0.05) is 11.1 Å². The van der Waals surface area contributed by atoms with E-state index in [1.807, 2.05) is 19.2 Å². The minimum Gasteiger partial charge on any atom is -0.435 e. The second kappa shape index (κ2) is 6.49. The highest BCUT2D eigenvalue weighted by atomic mass is 32.1. The number of rotatable bonds is 6. The van der Waals surface area contributed by atoms with Gasteiger partial charge >= 0.3 is 6.61 Å². The third-order valence-electron chi connectivity index (χ3n) is 3.19. The maximum Gasteiger partial charge on any atom is 0.387 e. The summed E-state index contributed by atoms with van der Waals surface area (Å²) in [5.41, 5.74) is 7.83. The van der Waals surface area contributed by atoms with Gasteiger partial charge in [-0.25, -0.2) is 4.98 Å². The first-order valence-corrected chi connectivity index (χ1v) is 7.50. The van der Waals surface area contributed by atoms with Crippen molar-refractivity contribution in [1.29, 1.82) is 0 Å². The summed E-state index contributed by atoms with van der Waals surface area (Å²) >= 11 is 1.56. The van der Waals surface area contributed by atoms with Gasteiger partial charge in [0.2, 0.25) is 0 Å². The third kappa shape index (κ3) is 4.47. The number of nitrogens with two attached hydrogens (primary N) is 1. The Bertz CT molecular complexity index is 582. The molecular formula is C15H18F2N2OS. The number of hydrogen-bond donors (Lipinski definition) is 1. The van der Waals surface area contributed by atoms with E-state index in [0.717, 1.165) is 29.1 Å². The minimum absolute atomic E-state index is 0.166. The van der Waals surface area contributed by atoms with Crippen LogP contribution in [0.1, 0.15) is 29.6 Å². The van der Waals surface area contributed by atoms with E-state index in [0.29, 0.717) is 0 Å². The van der Waals surface area contributed by atoms with E-state index in [1.165, 1.54) is 0 Å². The normalized spacial score (nSPS) is 14.2. The smallest absolute Gasteiger partial charge is 0.387 e. The number of aromatic nitrogens is 1. The molecule has 0 saturated heterocycles. The zero-order chi connectivity index (χ0) is 15.5. The van der Waals surface area contributed by atoms with Gasteiger partial charge in [-0.15, -0.1) is 11.3 Å². The number of nitrogens with zero attached hydrogens (tertiary/aromatic N) is 1. The lowest BCUT2D eigenvalue weighted by Crippen LogP contribution is -2.33. The van der Waals surface area contributed by atoms with Gasteiger partial charge in [-0.1, -0.05) is 12.1 Å². The quantitative estimate of drug-likeness (QED) is 0.881. The molecule has 0 fully saturated rings. The lowest BCUT2D eigenvalue weighted by atomic mass is 9.95. The van der Waals surface area contributed by atoms with Crippen LogP contribution in [0.4, 0.5) is 8.78 Å². The Hall–Kier alpha value is -1.53. The van der Waals surface area contributed by atoms with Crippen molar-refractivity contribution in [2.24, 2.45) is 5.73 Å². The first kappa shape index (κ1) is 15.9. The molecular weight excluding hydrogens is 294 g/mol. The Morgan fingerprint density at radius 1 is 1.33 bits per heavy atom. The lowest BCUT2D eigenvalue weighted by molar-refractivity contribution is -0.0498. The zero-order valence-electron chi connectivity index (χ0n) is 12.0. The Morgan fingerprint density at radius 2 is 2.00 bits per heavy atom. The van der Waals surface area contributed by atoms with Crippen molar-refractivity contribution < 1.29 is 13.5 Å². The molecule has 2 N–H and O–H groups in total. The van der Waals surface area contributed by atoms with E-state index in [2.05, 4.69) is 9.72 Å². The van der Waals surface area contributed by atoms with Crippen molar-refractivity contribution >= 4 is 11.3 Å². The SMILES string of the molecule is Cc1csc(C(C)(N)CCc2ccc(OC(F)F)cc2)n1. The molecule has 0 bridgehead atoms. The molecule has 1 unspecified atom stereocenters. The molecule has 0 radical (unpaired) electrons. The van der Waals surface area contributed by atoms with Crippen LogP contribution in [0.2, 0.25) is 0 Å². The number of hydrogen-bond acceptors (Lipinski definition) is 4. The highest BCUT2D eigenvalue weighted by molar-refractivity contribution is 7.09. The van der Waals surface area contributed by atoms with E-state index in [4.69, 9.17) is 5.73 Å². The fourth-order valence-corrected chi connectivity index (χ4v) is 2.87. The molecule has 1 aromatic carbocycles. The minimum atomic E-state index is -2.80. The fourth-order valence-electron chi connectivity index (χ4n) is 1.96. The lowest BCUT2D eigenvalue weighted by Gasteiger charge is -2.22. The molecule has 0 aliphatic carbocycles. The molecule has 2 rings (SSSR count). The number of halogens is 2. The van der Waals surface area contributed by atoms with Gasteiger partial charge in [-0.3, -0.25) is 0 Å². The summed E-state index contributed by atoms with van der Waals surface area (Å²) in [4.78, 5) is 4.43. The molecule has 3 nitrogen and oxygen atoms in total. The van der Waals surface area contributed by atoms with Crippen molar-refractivity contribution in [2.75, 3.05) is 0 Å². The summed E-state index contributed by atoms with van der Waals surface area (Å²) in [7, 11) is 0. The predicted octanol–water partition coefficient (Wildman–Crippen LogP) is 3.86. The number of benzene rings is 1. The monoisotopic (exact) mass is 312 g/mol. The summed E-state index contributed by atoms with van der Waals surface area (Å²) in [6, 6.07) is 6.65. The Balaban J connectivity index is 1.96. The van der Waals surface area contributed by atoms with Crippen molar-refractivity contribution in [1.82, 2.24) is 4.98 Å². The highest BCUT2D eigenvalue weighted by Crippen LogP contribution is 2.27. The van der Waals surface area contributed by atoms with Crippen LogP contribution in [0.5, 0.6) is 5.75 Å². The van der Waals surface area contributed by atoms with E-state index in [9.17, 15) is 8.78 Å². The molecule has 6 heteroatoms. The molecule has 0 spiro atoms. The van der Waals surface area contributed by atoms with Crippen LogP contribution in [0.25, 0.3) is 0 Å². The zero-order valence-corrected chi connectivity index (χ0v) is 12.8. The van der Waals surface area contributed by atoms with Crippen molar-refractivity contribution in [3.05, 3.63) is 45.9 Å². The van der Waals surface area contributed by atoms with E-state index < -0.39 is 12.2 Å². The molecule has 1 atom stereocenters. The standard InChI is InChI=1S/C15H18F2N2OS/c1-10-9-21-13(19-10)15(2,18)8-7-11-3-5-12(6-4-11)20-14(16)17/h3-6,9,14H,7-8,18H2,1-2H3. The third-order valence-corrected chi connectivity index (χ3v) is 4.43. The second-order valence-electron chi connectivity index (χ2n) is 5.23. The van der Waals surface area contributed by atoms with Gasteiger partial charge in [0.05, 0.1) is 5.54 Å². The molecule has 114 valence electrons. The van der Waals surface area contributed by atoms with Crippen LogP contribution >= 0.6 is 11.3 Å². The summed E-state index contributed by atoms with van der Waals surface area (Å²) in [6.07, 6.45) is 1.48. The molecule has 1 heterocycles. The van der Waals surface area contributed by atoms with Gasteiger partial charge in [0.1, 0.15) is 10.8 Å². The first-order chi connectivity index (χ1) is 9.87. The van der Waals surface area contributed by atoms with Crippen molar-refractivity contribution in [3.63, 3.8) is 0 Å². The van der Waals surface area contributed by atoms with Gasteiger partial charge in [-0.05, 0) is 44.4 Å². The van der Waals surface area contributed by atoms with Gasteiger partial charge in [0.15, 0.2) is 0 Å². The Labute approximate surface area is 126 Å². The molecule has 0 aliphatic rings. The largest absolute Gasteiger partial charge is 0.435 e. The van der Waals surface area contributed by atoms with Crippen molar-refractivity contribution in [2.45, 2.75) is 38.8 Å². The number of thiazole rings is 1. The van der Waals surface area contributed by atoms with Crippen LogP contribution in [-0.4, -0.2) is 11.6 Å². The molecule has 21 heavy (non-hydrogen) atoms. The Kier molecular flexibility index (Phi) is 4.90. The average molecular weight is 312 g/mol. The van der Waals surface area contributed by atoms with Gasteiger partial charge in [-0.2, -0.15) is 8.78 Å². The van der Waals surface area contributed by atoms with Crippen LogP contribution in [-0.2, 0) is 12.0 Å². The topological polar surface area (TPSA) is 48.1 Å². The van der Waals surface area contributed by atoms with E-state index in [-0.39, 0.29) is 5.75 Å². The van der Waals surface area contributed by atoms with Crippen LogP contribution in [0.3, 0.4) is 0 Å². The molecule has 0 saturated carbocycles. The maximum absolute atomic E-state index is 12.1. The number of aryl methyl sites for hydroxylation is 2.